The zero-order valence-electron chi connectivity index (χ0n) is 25.5. The van der Waals surface area contributed by atoms with Crippen LogP contribution >= 0.6 is 0 Å². The molecule has 41 heavy (non-hydrogen) atoms. The Morgan fingerprint density at radius 2 is 1.78 bits per heavy atom. The number of esters is 2. The lowest BCUT2D eigenvalue weighted by Gasteiger charge is -2.35. The Morgan fingerprint density at radius 1 is 1.10 bits per heavy atom. The Hall–Kier alpha value is -2.95. The predicted octanol–water partition coefficient (Wildman–Crippen LogP) is 5.57. The number of nitrogens with one attached hydrogen (secondary N) is 2. The lowest BCUT2D eigenvalue weighted by Crippen LogP contribution is -2.43. The number of sulfonamides is 1. The van der Waals surface area contributed by atoms with Crippen molar-refractivity contribution in [3.05, 3.63) is 64.4 Å². The summed E-state index contributed by atoms with van der Waals surface area (Å²) in [7, 11) is -3.75. The van der Waals surface area contributed by atoms with Crippen LogP contribution in [0.3, 0.4) is 0 Å². The van der Waals surface area contributed by atoms with Gasteiger partial charge in [-0.3, -0.25) is 9.59 Å². The number of allylic oxidation sites excluding steroid dienone is 3. The van der Waals surface area contributed by atoms with Gasteiger partial charge in [-0.05, 0) is 90.5 Å². The summed E-state index contributed by atoms with van der Waals surface area (Å²) in [5, 5.41) is 0. The van der Waals surface area contributed by atoms with E-state index in [2.05, 4.69) is 10.3 Å². The molecule has 2 atom stereocenters. The number of hydrazine groups is 1. The standard InChI is InChI=1S/C31H46N2O7S/c1-22(2)10-16-29(32-33-41(36,37)28-14-11-23(3)12-15-28)24(4)9-8-19-31(7)30(40-26(6)35)17-13-27(21-39-31)18-20-38-25(5)34/h10-12,14-15,18,30,32-33H,8-9,13,16-17,19-21H2,1-7H3/t30-,31+/m1/s1. The second-order valence-corrected chi connectivity index (χ2v) is 12.7. The Balaban J connectivity index is 2.14. The van der Waals surface area contributed by atoms with Gasteiger partial charge in [0.25, 0.3) is 10.0 Å². The van der Waals surface area contributed by atoms with E-state index in [0.717, 1.165) is 34.4 Å². The molecule has 10 heteroatoms. The second kappa shape index (κ2) is 15.9. The molecule has 1 aromatic carbocycles. The van der Waals surface area contributed by atoms with Gasteiger partial charge in [-0.25, -0.2) is 8.42 Å². The highest BCUT2D eigenvalue weighted by Gasteiger charge is 2.39. The highest BCUT2D eigenvalue weighted by atomic mass is 32.2. The molecule has 9 nitrogen and oxygen atoms in total. The fourth-order valence-electron chi connectivity index (χ4n) is 4.50. The van der Waals surface area contributed by atoms with Crippen molar-refractivity contribution in [1.29, 1.82) is 0 Å². The predicted molar refractivity (Wildman–Crippen MR) is 159 cm³/mol. The number of hydrogen-bond acceptors (Lipinski definition) is 8. The van der Waals surface area contributed by atoms with Crippen LogP contribution in [-0.4, -0.2) is 45.3 Å². The number of hydrogen-bond donors (Lipinski definition) is 2. The van der Waals surface area contributed by atoms with Gasteiger partial charge >= 0.3 is 11.9 Å². The second-order valence-electron chi connectivity index (χ2n) is 11.0. The van der Waals surface area contributed by atoms with Crippen LogP contribution in [0.25, 0.3) is 0 Å². The molecule has 0 saturated carbocycles. The van der Waals surface area contributed by atoms with Crippen molar-refractivity contribution in [1.82, 2.24) is 10.3 Å². The molecule has 0 spiro atoms. The summed E-state index contributed by atoms with van der Waals surface area (Å²) in [5.74, 6) is -0.703. The van der Waals surface area contributed by atoms with Gasteiger partial charge in [-0.2, -0.15) is 0 Å². The topological polar surface area (TPSA) is 120 Å². The first-order valence-electron chi connectivity index (χ1n) is 14.0. The SMILES string of the molecule is CC(=O)OCC=C1CC[C@@H](OC(C)=O)[C@](C)(CCCC(C)=C(CC=C(C)C)NNS(=O)(=O)c2ccc(C)cc2)OC1. The van der Waals surface area contributed by atoms with Crippen LogP contribution in [0.2, 0.25) is 0 Å². The highest BCUT2D eigenvalue weighted by molar-refractivity contribution is 7.89. The number of ether oxygens (including phenoxy) is 3. The van der Waals surface area contributed by atoms with E-state index < -0.39 is 21.7 Å². The molecule has 1 heterocycles. The quantitative estimate of drug-likeness (QED) is 0.174. The Morgan fingerprint density at radius 3 is 2.39 bits per heavy atom. The lowest BCUT2D eigenvalue weighted by molar-refractivity contribution is -0.167. The van der Waals surface area contributed by atoms with E-state index in [-0.39, 0.29) is 23.4 Å². The lowest BCUT2D eigenvalue weighted by atomic mass is 9.88. The number of rotatable bonds is 13. The molecular weight excluding hydrogens is 544 g/mol. The van der Waals surface area contributed by atoms with E-state index in [9.17, 15) is 18.0 Å². The van der Waals surface area contributed by atoms with Gasteiger partial charge in [-0.15, -0.1) is 4.83 Å². The maximum atomic E-state index is 12.9. The number of carbonyl (C=O) groups is 2. The van der Waals surface area contributed by atoms with Gasteiger partial charge in [-0.1, -0.05) is 34.9 Å². The van der Waals surface area contributed by atoms with Crippen molar-refractivity contribution >= 4 is 22.0 Å². The summed E-state index contributed by atoms with van der Waals surface area (Å²) in [5.41, 5.74) is 7.15. The molecular formula is C31H46N2O7S. The summed E-state index contributed by atoms with van der Waals surface area (Å²) in [4.78, 5) is 25.7. The fraction of sp³-hybridized carbons (Fsp3) is 0.548. The minimum Gasteiger partial charge on any atom is -0.462 e. The first-order valence-corrected chi connectivity index (χ1v) is 15.5. The molecule has 0 aliphatic carbocycles. The third kappa shape index (κ3) is 11.8. The van der Waals surface area contributed by atoms with Crippen molar-refractivity contribution in [3.63, 3.8) is 0 Å². The van der Waals surface area contributed by atoms with Crippen LogP contribution in [0.1, 0.15) is 85.6 Å². The van der Waals surface area contributed by atoms with E-state index in [1.54, 1.807) is 24.3 Å². The zero-order valence-corrected chi connectivity index (χ0v) is 26.3. The van der Waals surface area contributed by atoms with E-state index in [0.29, 0.717) is 38.7 Å². The Bertz CT molecular complexity index is 1250. The summed E-state index contributed by atoms with van der Waals surface area (Å²) in [6.07, 6.45) is 7.34. The molecule has 0 amide bonds. The molecule has 1 aromatic rings. The van der Waals surface area contributed by atoms with Crippen molar-refractivity contribution in [2.75, 3.05) is 13.2 Å². The van der Waals surface area contributed by atoms with Crippen molar-refractivity contribution in [2.24, 2.45) is 0 Å². The van der Waals surface area contributed by atoms with E-state index in [1.807, 2.05) is 46.8 Å². The smallest absolute Gasteiger partial charge is 0.303 e. The van der Waals surface area contributed by atoms with E-state index in [4.69, 9.17) is 14.2 Å². The van der Waals surface area contributed by atoms with Gasteiger partial charge in [0.15, 0.2) is 0 Å². The maximum absolute atomic E-state index is 12.9. The van der Waals surface area contributed by atoms with Crippen LogP contribution in [0, 0.1) is 6.92 Å². The molecule has 1 saturated heterocycles. The highest BCUT2D eigenvalue weighted by Crippen LogP contribution is 2.34. The number of benzene rings is 1. The number of carbonyl (C=O) groups excluding carboxylic acids is 2. The van der Waals surface area contributed by atoms with Gasteiger partial charge < -0.3 is 19.6 Å². The minimum atomic E-state index is -3.75. The van der Waals surface area contributed by atoms with Crippen molar-refractivity contribution in [2.45, 2.75) is 104 Å². The van der Waals surface area contributed by atoms with Gasteiger partial charge in [0.2, 0.25) is 0 Å². The van der Waals surface area contributed by atoms with Gasteiger partial charge in [0.1, 0.15) is 18.3 Å². The molecule has 1 aliphatic rings. The summed E-state index contributed by atoms with van der Waals surface area (Å²) >= 11 is 0. The van der Waals surface area contributed by atoms with Crippen LogP contribution in [-0.2, 0) is 33.8 Å². The summed E-state index contributed by atoms with van der Waals surface area (Å²) in [6.45, 7) is 13.2. The molecule has 0 bridgehead atoms. The van der Waals surface area contributed by atoms with Crippen LogP contribution in [0.5, 0.6) is 0 Å². The van der Waals surface area contributed by atoms with Crippen molar-refractivity contribution < 1.29 is 32.2 Å². The molecule has 228 valence electrons. The molecule has 0 radical (unpaired) electrons. The molecule has 2 N–H and O–H groups in total. The van der Waals surface area contributed by atoms with E-state index >= 15 is 0 Å². The zero-order chi connectivity index (χ0) is 30.6. The normalized spacial score (nSPS) is 21.0. The third-order valence-electron chi connectivity index (χ3n) is 7.08. The van der Waals surface area contributed by atoms with Crippen LogP contribution in [0.4, 0.5) is 0 Å². The summed E-state index contributed by atoms with van der Waals surface area (Å²) in [6, 6.07) is 6.68. The average Bonchev–Trinajstić information content (AvgIpc) is 3.02. The van der Waals surface area contributed by atoms with Crippen LogP contribution in [0.15, 0.2) is 63.7 Å². The molecule has 1 aliphatic heterocycles. The molecule has 2 rings (SSSR count). The number of aryl methyl sites for hydroxylation is 1. The fourth-order valence-corrected chi connectivity index (χ4v) is 5.37. The molecule has 1 fully saturated rings. The molecule has 0 unspecified atom stereocenters. The molecule has 0 aromatic heterocycles. The summed E-state index contributed by atoms with van der Waals surface area (Å²) < 4.78 is 42.8. The maximum Gasteiger partial charge on any atom is 0.303 e. The van der Waals surface area contributed by atoms with Gasteiger partial charge in [0, 0.05) is 26.0 Å². The Kier molecular flexibility index (Phi) is 13.3. The minimum absolute atomic E-state index is 0.183. The first kappa shape index (κ1) is 34.3. The largest absolute Gasteiger partial charge is 0.462 e. The Labute approximate surface area is 245 Å². The first-order chi connectivity index (χ1) is 19.2. The van der Waals surface area contributed by atoms with Crippen LogP contribution < -0.4 is 10.3 Å². The van der Waals surface area contributed by atoms with Gasteiger partial charge in [0.05, 0.1) is 11.5 Å². The average molecular weight is 591 g/mol. The van der Waals surface area contributed by atoms with E-state index in [1.165, 1.54) is 13.8 Å². The van der Waals surface area contributed by atoms with Crippen molar-refractivity contribution in [3.8, 4) is 0 Å². The monoisotopic (exact) mass is 590 g/mol. The third-order valence-corrected chi connectivity index (χ3v) is 8.35.